The van der Waals surface area contributed by atoms with Crippen LogP contribution in [0.15, 0.2) is 30.5 Å². The smallest absolute Gasteiger partial charge is 0.303 e. The molecule has 0 aromatic carbocycles. The van der Waals surface area contributed by atoms with E-state index in [1.165, 1.54) is 13.8 Å². The average Bonchev–Trinajstić information content (AvgIpc) is 2.29. The SMILES string of the molecule is C=C=C[C@H]1O[C@H](COC(C)=O)C=C[C@H]1OC(C)=O. The van der Waals surface area contributed by atoms with E-state index in [-0.39, 0.29) is 18.7 Å². The number of carbonyl (C=O) groups excluding carboxylic acids is 2. The predicted molar refractivity (Wildman–Crippen MR) is 63.7 cm³/mol. The van der Waals surface area contributed by atoms with Gasteiger partial charge in [0.1, 0.15) is 18.8 Å². The van der Waals surface area contributed by atoms with Gasteiger partial charge >= 0.3 is 11.9 Å². The lowest BCUT2D eigenvalue weighted by Crippen LogP contribution is -2.38. The van der Waals surface area contributed by atoms with Crippen LogP contribution in [-0.4, -0.2) is 36.9 Å². The van der Waals surface area contributed by atoms with E-state index in [0.717, 1.165) is 0 Å². The van der Waals surface area contributed by atoms with Crippen LogP contribution in [0.3, 0.4) is 0 Å². The largest absolute Gasteiger partial charge is 0.463 e. The van der Waals surface area contributed by atoms with E-state index in [1.54, 1.807) is 18.2 Å². The molecule has 5 nitrogen and oxygen atoms in total. The van der Waals surface area contributed by atoms with E-state index in [9.17, 15) is 9.59 Å². The number of hydrogen-bond acceptors (Lipinski definition) is 5. The van der Waals surface area contributed by atoms with Crippen molar-refractivity contribution >= 4 is 11.9 Å². The normalized spacial score (nSPS) is 26.0. The van der Waals surface area contributed by atoms with E-state index >= 15 is 0 Å². The minimum absolute atomic E-state index is 0.125. The Morgan fingerprint density at radius 3 is 2.67 bits per heavy atom. The van der Waals surface area contributed by atoms with Crippen molar-refractivity contribution in [2.75, 3.05) is 6.61 Å². The Hall–Kier alpha value is -1.84. The van der Waals surface area contributed by atoms with Gasteiger partial charge in [-0.3, -0.25) is 9.59 Å². The number of esters is 2. The molecule has 0 amide bonds. The molecule has 18 heavy (non-hydrogen) atoms. The van der Waals surface area contributed by atoms with Gasteiger partial charge in [-0.05, 0) is 12.2 Å². The van der Waals surface area contributed by atoms with Gasteiger partial charge < -0.3 is 14.2 Å². The highest BCUT2D eigenvalue weighted by Crippen LogP contribution is 2.17. The van der Waals surface area contributed by atoms with Gasteiger partial charge in [0.05, 0.1) is 0 Å². The Morgan fingerprint density at radius 1 is 1.39 bits per heavy atom. The van der Waals surface area contributed by atoms with Crippen LogP contribution in [-0.2, 0) is 23.8 Å². The second-order valence-electron chi connectivity index (χ2n) is 3.77. The lowest BCUT2D eigenvalue weighted by molar-refractivity contribution is -0.154. The first-order valence-electron chi connectivity index (χ1n) is 5.53. The molecule has 0 saturated heterocycles. The Kier molecular flexibility index (Phi) is 5.36. The molecule has 0 N–H and O–H groups in total. The lowest BCUT2D eigenvalue weighted by atomic mass is 10.1. The fourth-order valence-corrected chi connectivity index (χ4v) is 1.51. The maximum atomic E-state index is 10.9. The summed E-state index contributed by atoms with van der Waals surface area (Å²) in [6, 6.07) is 0. The van der Waals surface area contributed by atoms with Gasteiger partial charge in [0.2, 0.25) is 0 Å². The van der Waals surface area contributed by atoms with Crippen LogP contribution in [0, 0.1) is 0 Å². The van der Waals surface area contributed by atoms with Crippen LogP contribution in [0.2, 0.25) is 0 Å². The molecule has 1 rings (SSSR count). The molecular weight excluding hydrogens is 236 g/mol. The molecule has 0 spiro atoms. The average molecular weight is 252 g/mol. The summed E-state index contributed by atoms with van der Waals surface area (Å²) in [7, 11) is 0. The summed E-state index contributed by atoms with van der Waals surface area (Å²) in [5.41, 5.74) is 2.59. The second-order valence-corrected chi connectivity index (χ2v) is 3.77. The molecule has 0 aliphatic carbocycles. The molecule has 1 aliphatic rings. The van der Waals surface area contributed by atoms with Gasteiger partial charge in [-0.1, -0.05) is 12.7 Å². The van der Waals surface area contributed by atoms with Gasteiger partial charge in [0.15, 0.2) is 6.10 Å². The highest BCUT2D eigenvalue weighted by atomic mass is 16.6. The molecule has 5 heteroatoms. The number of ether oxygens (including phenoxy) is 3. The predicted octanol–water partition coefficient (Wildman–Crippen LogP) is 1.15. The van der Waals surface area contributed by atoms with Crippen LogP contribution in [0.1, 0.15) is 13.8 Å². The van der Waals surface area contributed by atoms with Crippen molar-refractivity contribution in [2.45, 2.75) is 32.2 Å². The molecule has 0 fully saturated rings. The summed E-state index contributed by atoms with van der Waals surface area (Å²) in [6.07, 6.45) is 3.62. The number of carbonyl (C=O) groups is 2. The fraction of sp³-hybridized carbons (Fsp3) is 0.462. The second kappa shape index (κ2) is 6.79. The minimum Gasteiger partial charge on any atom is -0.463 e. The first-order valence-corrected chi connectivity index (χ1v) is 5.53. The summed E-state index contributed by atoms with van der Waals surface area (Å²) in [6.45, 7) is 6.24. The van der Waals surface area contributed by atoms with Gasteiger partial charge in [-0.2, -0.15) is 0 Å². The molecule has 0 aromatic rings. The van der Waals surface area contributed by atoms with Gasteiger partial charge in [-0.15, -0.1) is 5.73 Å². The zero-order chi connectivity index (χ0) is 13.5. The van der Waals surface area contributed by atoms with Gasteiger partial charge in [0, 0.05) is 13.8 Å². The molecule has 0 saturated carbocycles. The zero-order valence-corrected chi connectivity index (χ0v) is 10.4. The highest BCUT2D eigenvalue weighted by molar-refractivity contribution is 5.66. The van der Waals surface area contributed by atoms with Crippen LogP contribution in [0.4, 0.5) is 0 Å². The molecule has 3 atom stereocenters. The van der Waals surface area contributed by atoms with E-state index in [0.29, 0.717) is 0 Å². The van der Waals surface area contributed by atoms with Crippen molar-refractivity contribution in [2.24, 2.45) is 0 Å². The van der Waals surface area contributed by atoms with Crippen molar-refractivity contribution < 1.29 is 23.8 Å². The number of rotatable bonds is 4. The third-order valence-electron chi connectivity index (χ3n) is 2.21. The van der Waals surface area contributed by atoms with E-state index in [1.807, 2.05) is 0 Å². The zero-order valence-electron chi connectivity index (χ0n) is 10.4. The van der Waals surface area contributed by atoms with Crippen molar-refractivity contribution in [3.8, 4) is 0 Å². The van der Waals surface area contributed by atoms with Crippen LogP contribution in [0.25, 0.3) is 0 Å². The van der Waals surface area contributed by atoms with Gasteiger partial charge in [-0.25, -0.2) is 0 Å². The van der Waals surface area contributed by atoms with Crippen LogP contribution < -0.4 is 0 Å². The summed E-state index contributed by atoms with van der Waals surface area (Å²) in [4.78, 5) is 21.6. The standard InChI is InChI=1S/C13H16O5/c1-4-5-12-13(17-10(3)15)7-6-11(18-12)8-16-9(2)14/h5-7,11-13H,1,8H2,2-3H3/t11-,12+,13+/m0/s1. The maximum absolute atomic E-state index is 10.9. The number of hydrogen-bond donors (Lipinski definition) is 0. The van der Waals surface area contributed by atoms with Crippen molar-refractivity contribution in [3.05, 3.63) is 30.5 Å². The minimum atomic E-state index is -0.509. The summed E-state index contributed by atoms with van der Waals surface area (Å²) >= 11 is 0. The molecule has 0 radical (unpaired) electrons. The third-order valence-corrected chi connectivity index (χ3v) is 2.21. The molecule has 0 unspecified atom stereocenters. The van der Waals surface area contributed by atoms with Crippen molar-refractivity contribution in [1.29, 1.82) is 0 Å². The fourth-order valence-electron chi connectivity index (χ4n) is 1.51. The lowest BCUT2D eigenvalue weighted by Gasteiger charge is -2.29. The summed E-state index contributed by atoms with van der Waals surface area (Å²) < 4.78 is 15.5. The quantitative estimate of drug-likeness (QED) is 0.426. The summed E-state index contributed by atoms with van der Waals surface area (Å²) in [5, 5.41) is 0. The molecule has 98 valence electrons. The molecule has 1 heterocycles. The first-order chi connectivity index (χ1) is 8.52. The third kappa shape index (κ3) is 4.57. The molecule has 0 bridgehead atoms. The Bertz CT molecular complexity index is 392. The summed E-state index contributed by atoms with van der Waals surface area (Å²) in [5.74, 6) is -0.765. The maximum Gasteiger partial charge on any atom is 0.303 e. The molecule has 0 aromatic heterocycles. The van der Waals surface area contributed by atoms with E-state index in [2.05, 4.69) is 12.3 Å². The molecular formula is C13H16O5. The van der Waals surface area contributed by atoms with Crippen molar-refractivity contribution in [3.63, 3.8) is 0 Å². The Morgan fingerprint density at radius 2 is 2.11 bits per heavy atom. The van der Waals surface area contributed by atoms with E-state index < -0.39 is 18.2 Å². The van der Waals surface area contributed by atoms with Crippen LogP contribution >= 0.6 is 0 Å². The van der Waals surface area contributed by atoms with E-state index in [4.69, 9.17) is 14.2 Å². The Balaban J connectivity index is 2.66. The topological polar surface area (TPSA) is 61.8 Å². The van der Waals surface area contributed by atoms with Gasteiger partial charge in [0.25, 0.3) is 0 Å². The van der Waals surface area contributed by atoms with Crippen LogP contribution in [0.5, 0.6) is 0 Å². The molecule has 1 aliphatic heterocycles. The monoisotopic (exact) mass is 252 g/mol. The Labute approximate surface area is 106 Å². The van der Waals surface area contributed by atoms with Crippen molar-refractivity contribution in [1.82, 2.24) is 0 Å². The highest BCUT2D eigenvalue weighted by Gasteiger charge is 2.28. The first kappa shape index (κ1) is 14.2.